The van der Waals surface area contributed by atoms with E-state index in [1.165, 1.54) is 6.07 Å². The second-order valence-electron chi connectivity index (χ2n) is 3.54. The van der Waals surface area contributed by atoms with E-state index in [4.69, 9.17) is 4.74 Å². The molecule has 4 nitrogen and oxygen atoms in total. The fourth-order valence-electron chi connectivity index (χ4n) is 1.31. The number of hydrogen-bond donors (Lipinski definition) is 0. The molecule has 1 heterocycles. The molecular formula is C11H10BrF3INO3. The standard InChI is InChI=1S/C11H10BrF3INO3/c1-2-19-9(18)4-8-7(16)3-6(5-12)10(17-8)20-11(13,14)15/h3H,2,4-5H2,1H3. The van der Waals surface area contributed by atoms with Gasteiger partial charge in [-0.3, -0.25) is 4.79 Å². The third-order valence-electron chi connectivity index (χ3n) is 2.06. The average molecular weight is 468 g/mol. The Morgan fingerprint density at radius 1 is 1.50 bits per heavy atom. The molecule has 112 valence electrons. The Bertz CT molecular complexity index is 497. The van der Waals surface area contributed by atoms with Gasteiger partial charge in [-0.05, 0) is 35.6 Å². The van der Waals surface area contributed by atoms with Gasteiger partial charge in [-0.1, -0.05) is 15.9 Å². The fraction of sp³-hybridized carbons (Fsp3) is 0.455. The van der Waals surface area contributed by atoms with E-state index >= 15 is 0 Å². The Morgan fingerprint density at radius 2 is 2.15 bits per heavy atom. The lowest BCUT2D eigenvalue weighted by Gasteiger charge is -2.13. The highest BCUT2D eigenvalue weighted by Gasteiger charge is 2.33. The summed E-state index contributed by atoms with van der Waals surface area (Å²) in [4.78, 5) is 15.1. The maximum atomic E-state index is 12.3. The zero-order valence-electron chi connectivity index (χ0n) is 10.3. The van der Waals surface area contributed by atoms with Crippen molar-refractivity contribution in [1.82, 2.24) is 4.98 Å². The van der Waals surface area contributed by atoms with Crippen molar-refractivity contribution in [2.24, 2.45) is 0 Å². The van der Waals surface area contributed by atoms with Crippen LogP contribution in [0.5, 0.6) is 5.88 Å². The number of rotatable bonds is 5. The highest BCUT2D eigenvalue weighted by atomic mass is 127. The molecule has 0 saturated carbocycles. The van der Waals surface area contributed by atoms with Gasteiger partial charge >= 0.3 is 12.3 Å². The Balaban J connectivity index is 3.07. The zero-order chi connectivity index (χ0) is 15.3. The summed E-state index contributed by atoms with van der Waals surface area (Å²) in [7, 11) is 0. The minimum absolute atomic E-state index is 0.154. The predicted octanol–water partition coefficient (Wildman–Crippen LogP) is 3.59. The Kier molecular flexibility index (Phi) is 6.49. The van der Waals surface area contributed by atoms with Crippen molar-refractivity contribution >= 4 is 44.5 Å². The number of carbonyl (C=O) groups excluding carboxylic acids is 1. The monoisotopic (exact) mass is 467 g/mol. The van der Waals surface area contributed by atoms with Gasteiger partial charge in [0.2, 0.25) is 5.88 Å². The highest BCUT2D eigenvalue weighted by Crippen LogP contribution is 2.28. The third kappa shape index (κ3) is 5.43. The minimum atomic E-state index is -4.84. The summed E-state index contributed by atoms with van der Waals surface area (Å²) in [6.07, 6.45) is -5.04. The number of hydrogen-bond acceptors (Lipinski definition) is 4. The predicted molar refractivity (Wildman–Crippen MR) is 76.6 cm³/mol. The smallest absolute Gasteiger partial charge is 0.466 e. The molecule has 1 aromatic rings. The van der Waals surface area contributed by atoms with Gasteiger partial charge in [0, 0.05) is 14.5 Å². The van der Waals surface area contributed by atoms with Crippen LogP contribution < -0.4 is 4.74 Å². The Hall–Kier alpha value is -0.580. The van der Waals surface area contributed by atoms with Crippen LogP contribution in [0.1, 0.15) is 18.2 Å². The van der Waals surface area contributed by atoms with Crippen LogP contribution >= 0.6 is 38.5 Å². The van der Waals surface area contributed by atoms with Gasteiger partial charge in [0.25, 0.3) is 0 Å². The summed E-state index contributed by atoms with van der Waals surface area (Å²) >= 11 is 4.97. The van der Waals surface area contributed by atoms with Crippen molar-refractivity contribution in [2.45, 2.75) is 25.0 Å². The number of carbonyl (C=O) groups is 1. The van der Waals surface area contributed by atoms with Crippen LogP contribution in [0.4, 0.5) is 13.2 Å². The number of aromatic nitrogens is 1. The molecule has 1 aromatic heterocycles. The van der Waals surface area contributed by atoms with Crippen molar-refractivity contribution in [3.05, 3.63) is 20.9 Å². The number of halogens is 5. The molecule has 0 saturated heterocycles. The molecule has 0 fully saturated rings. The van der Waals surface area contributed by atoms with E-state index in [-0.39, 0.29) is 29.6 Å². The maximum Gasteiger partial charge on any atom is 0.574 e. The molecule has 20 heavy (non-hydrogen) atoms. The molecule has 1 rings (SSSR count). The highest BCUT2D eigenvalue weighted by molar-refractivity contribution is 14.1. The van der Waals surface area contributed by atoms with Crippen LogP contribution in [-0.4, -0.2) is 23.9 Å². The molecule has 9 heteroatoms. The summed E-state index contributed by atoms with van der Waals surface area (Å²) in [6.45, 7) is 1.84. The molecular weight excluding hydrogens is 458 g/mol. The third-order valence-corrected chi connectivity index (χ3v) is 3.60. The number of esters is 1. The lowest BCUT2D eigenvalue weighted by molar-refractivity contribution is -0.276. The minimum Gasteiger partial charge on any atom is -0.466 e. The van der Waals surface area contributed by atoms with Crippen molar-refractivity contribution in [3.8, 4) is 5.88 Å². The summed E-state index contributed by atoms with van der Waals surface area (Å²) in [5.74, 6) is -1.11. The van der Waals surface area contributed by atoms with Crippen LogP contribution in [0.2, 0.25) is 0 Å². The van der Waals surface area contributed by atoms with Crippen LogP contribution in [0.3, 0.4) is 0 Å². The first-order valence-electron chi connectivity index (χ1n) is 5.42. The van der Waals surface area contributed by atoms with Crippen molar-refractivity contribution in [1.29, 1.82) is 0 Å². The summed E-state index contributed by atoms with van der Waals surface area (Å²) < 4.78 is 46.1. The van der Waals surface area contributed by atoms with E-state index in [1.54, 1.807) is 6.92 Å². The first kappa shape index (κ1) is 17.5. The van der Waals surface area contributed by atoms with Gasteiger partial charge in [-0.25, -0.2) is 4.98 Å². The first-order valence-corrected chi connectivity index (χ1v) is 7.62. The molecule has 0 aromatic carbocycles. The van der Waals surface area contributed by atoms with Crippen LogP contribution in [-0.2, 0) is 21.3 Å². The quantitative estimate of drug-likeness (QED) is 0.377. The fourth-order valence-corrected chi connectivity index (χ4v) is 2.40. The van der Waals surface area contributed by atoms with Crippen molar-refractivity contribution in [3.63, 3.8) is 0 Å². The van der Waals surface area contributed by atoms with E-state index in [9.17, 15) is 18.0 Å². The molecule has 0 atom stereocenters. The molecule has 0 unspecified atom stereocenters. The number of pyridine rings is 1. The van der Waals surface area contributed by atoms with E-state index in [0.717, 1.165) is 0 Å². The van der Waals surface area contributed by atoms with Crippen LogP contribution in [0, 0.1) is 3.57 Å². The van der Waals surface area contributed by atoms with Crippen LogP contribution in [0.25, 0.3) is 0 Å². The number of alkyl halides is 4. The van der Waals surface area contributed by atoms with Gasteiger partial charge in [0.1, 0.15) is 0 Å². The Morgan fingerprint density at radius 3 is 2.65 bits per heavy atom. The second-order valence-corrected chi connectivity index (χ2v) is 5.27. The van der Waals surface area contributed by atoms with Crippen molar-refractivity contribution < 1.29 is 27.4 Å². The Labute approximate surface area is 135 Å². The van der Waals surface area contributed by atoms with Gasteiger partial charge in [0.15, 0.2) is 0 Å². The molecule has 0 aliphatic heterocycles. The topological polar surface area (TPSA) is 48.4 Å². The largest absolute Gasteiger partial charge is 0.574 e. The molecule has 0 bridgehead atoms. The van der Waals surface area contributed by atoms with E-state index < -0.39 is 18.2 Å². The SMILES string of the molecule is CCOC(=O)Cc1nc(OC(F)(F)F)c(CBr)cc1I. The molecule has 0 aliphatic rings. The van der Waals surface area contributed by atoms with Gasteiger partial charge in [-0.2, -0.15) is 0 Å². The summed E-state index contributed by atoms with van der Waals surface area (Å²) in [5, 5.41) is 0.154. The summed E-state index contributed by atoms with van der Waals surface area (Å²) in [6, 6.07) is 1.48. The normalized spacial score (nSPS) is 11.3. The molecule has 0 N–H and O–H groups in total. The molecule has 0 radical (unpaired) electrons. The van der Waals surface area contributed by atoms with Crippen LogP contribution in [0.15, 0.2) is 6.07 Å². The lowest BCUT2D eigenvalue weighted by atomic mass is 10.2. The zero-order valence-corrected chi connectivity index (χ0v) is 14.0. The lowest BCUT2D eigenvalue weighted by Crippen LogP contribution is -2.20. The molecule has 0 aliphatic carbocycles. The second kappa shape index (κ2) is 7.43. The summed E-state index contributed by atoms with van der Waals surface area (Å²) in [5.41, 5.74) is 0.437. The number of nitrogens with zero attached hydrogens (tertiary/aromatic N) is 1. The molecule has 0 spiro atoms. The first-order chi connectivity index (χ1) is 9.26. The maximum absolute atomic E-state index is 12.3. The van der Waals surface area contributed by atoms with Crippen molar-refractivity contribution in [2.75, 3.05) is 6.61 Å². The van der Waals surface area contributed by atoms with Gasteiger partial charge in [-0.15, -0.1) is 13.2 Å². The molecule has 0 amide bonds. The van der Waals surface area contributed by atoms with E-state index in [1.807, 2.05) is 22.6 Å². The van der Waals surface area contributed by atoms with E-state index in [2.05, 4.69) is 25.7 Å². The van der Waals surface area contributed by atoms with Gasteiger partial charge in [0.05, 0.1) is 18.7 Å². The average Bonchev–Trinajstić information content (AvgIpc) is 2.31. The van der Waals surface area contributed by atoms with Gasteiger partial charge < -0.3 is 9.47 Å². The van der Waals surface area contributed by atoms with E-state index in [0.29, 0.717) is 3.57 Å². The number of ether oxygens (including phenoxy) is 2.